The van der Waals surface area contributed by atoms with Gasteiger partial charge in [0.25, 0.3) is 0 Å². The highest BCUT2D eigenvalue weighted by Crippen LogP contribution is 2.30. The van der Waals surface area contributed by atoms with Gasteiger partial charge >= 0.3 is 0 Å². The number of rotatable bonds is 4. The molecule has 0 radical (unpaired) electrons. The Morgan fingerprint density at radius 3 is 2.95 bits per heavy atom. The minimum atomic E-state index is -0.237. The number of hydrogen-bond donors (Lipinski definition) is 0. The van der Waals surface area contributed by atoms with Crippen LogP contribution in [0.5, 0.6) is 5.75 Å². The molecule has 0 atom stereocenters. The number of halogens is 1. The van der Waals surface area contributed by atoms with E-state index in [2.05, 4.69) is 23.3 Å². The topological polar surface area (TPSA) is 21.7 Å². The molecule has 1 aliphatic rings. The fourth-order valence-corrected chi connectivity index (χ4v) is 3.52. The summed E-state index contributed by atoms with van der Waals surface area (Å²) in [6, 6.07) is 5.17. The zero-order chi connectivity index (χ0) is 14.8. The zero-order valence-electron chi connectivity index (χ0n) is 12.2. The van der Waals surface area contributed by atoms with Crippen molar-refractivity contribution in [1.29, 1.82) is 0 Å². The molecule has 0 aliphatic carbocycles. The molecular formula is C16H18FNO2S. The van der Waals surface area contributed by atoms with E-state index >= 15 is 0 Å². The minimum absolute atomic E-state index is 0.235. The first-order chi connectivity index (χ1) is 10.1. The molecule has 0 N–H and O–H groups in total. The van der Waals surface area contributed by atoms with Crippen LogP contribution < -0.4 is 4.74 Å². The Hall–Kier alpha value is -1.43. The Kier molecular flexibility index (Phi) is 4.24. The van der Waals surface area contributed by atoms with Crippen LogP contribution in [0.15, 0.2) is 23.6 Å². The number of thiophene rings is 1. The first kappa shape index (κ1) is 14.5. The van der Waals surface area contributed by atoms with Crippen LogP contribution in [-0.2, 0) is 24.4 Å². The Bertz CT molecular complexity index is 641. The van der Waals surface area contributed by atoms with Crippen molar-refractivity contribution < 1.29 is 13.9 Å². The molecule has 1 aromatic carbocycles. The van der Waals surface area contributed by atoms with Crippen molar-refractivity contribution >= 4 is 11.3 Å². The summed E-state index contributed by atoms with van der Waals surface area (Å²) in [5.41, 5.74) is 2.97. The quantitative estimate of drug-likeness (QED) is 0.860. The SMILES string of the molecule is Cc1ccsc1CN(C)Cc1cc(F)cc2c1OCOC2. The van der Waals surface area contributed by atoms with Crippen LogP contribution in [-0.4, -0.2) is 18.7 Å². The van der Waals surface area contributed by atoms with Crippen molar-refractivity contribution in [3.8, 4) is 5.75 Å². The molecule has 5 heteroatoms. The summed E-state index contributed by atoms with van der Waals surface area (Å²) in [4.78, 5) is 3.51. The van der Waals surface area contributed by atoms with Gasteiger partial charge in [0.2, 0.25) is 0 Å². The minimum Gasteiger partial charge on any atom is -0.467 e. The molecular weight excluding hydrogens is 289 g/mol. The summed E-state index contributed by atoms with van der Waals surface area (Å²) in [5, 5.41) is 2.10. The number of nitrogens with zero attached hydrogens (tertiary/aromatic N) is 1. The van der Waals surface area contributed by atoms with Crippen molar-refractivity contribution in [1.82, 2.24) is 4.90 Å². The van der Waals surface area contributed by atoms with Gasteiger partial charge in [-0.1, -0.05) is 0 Å². The molecule has 0 saturated heterocycles. The van der Waals surface area contributed by atoms with Gasteiger partial charge in [-0.05, 0) is 43.1 Å². The first-order valence-electron chi connectivity index (χ1n) is 6.87. The zero-order valence-corrected chi connectivity index (χ0v) is 13.0. The highest BCUT2D eigenvalue weighted by atomic mass is 32.1. The molecule has 21 heavy (non-hydrogen) atoms. The second-order valence-electron chi connectivity index (χ2n) is 5.36. The first-order valence-corrected chi connectivity index (χ1v) is 7.75. The molecule has 0 saturated carbocycles. The fraction of sp³-hybridized carbons (Fsp3) is 0.375. The Morgan fingerprint density at radius 1 is 1.33 bits per heavy atom. The third-order valence-corrected chi connectivity index (χ3v) is 4.58. The lowest BCUT2D eigenvalue weighted by Crippen LogP contribution is -2.20. The average Bonchev–Trinajstić information content (AvgIpc) is 2.84. The molecule has 0 spiro atoms. The van der Waals surface area contributed by atoms with E-state index in [-0.39, 0.29) is 12.6 Å². The number of fused-ring (bicyclic) bond motifs is 1. The average molecular weight is 307 g/mol. The maximum absolute atomic E-state index is 13.7. The molecule has 0 fully saturated rings. The summed E-state index contributed by atoms with van der Waals surface area (Å²) in [6.07, 6.45) is 0. The Labute approximate surface area is 127 Å². The van der Waals surface area contributed by atoms with E-state index < -0.39 is 0 Å². The van der Waals surface area contributed by atoms with Crippen LogP contribution >= 0.6 is 11.3 Å². The van der Waals surface area contributed by atoms with Crippen LogP contribution in [0.1, 0.15) is 21.6 Å². The molecule has 0 amide bonds. The summed E-state index contributed by atoms with van der Waals surface area (Å²) in [5.74, 6) is 0.538. The van der Waals surface area contributed by atoms with Crippen molar-refractivity contribution in [3.05, 3.63) is 51.0 Å². The molecule has 2 aromatic rings. The van der Waals surface area contributed by atoms with E-state index in [1.165, 1.54) is 16.5 Å². The third-order valence-electron chi connectivity index (χ3n) is 3.57. The summed E-state index contributed by atoms with van der Waals surface area (Å²) in [6.45, 7) is 4.26. The number of aryl methyl sites for hydroxylation is 1. The van der Waals surface area contributed by atoms with Gasteiger partial charge in [-0.3, -0.25) is 4.90 Å². The van der Waals surface area contributed by atoms with Crippen LogP contribution in [0.4, 0.5) is 4.39 Å². The van der Waals surface area contributed by atoms with Gasteiger partial charge in [0.1, 0.15) is 11.6 Å². The van der Waals surface area contributed by atoms with Gasteiger partial charge < -0.3 is 9.47 Å². The van der Waals surface area contributed by atoms with Crippen molar-refractivity contribution in [2.24, 2.45) is 0 Å². The second-order valence-corrected chi connectivity index (χ2v) is 6.36. The van der Waals surface area contributed by atoms with E-state index in [1.807, 2.05) is 7.05 Å². The molecule has 2 heterocycles. The monoisotopic (exact) mass is 307 g/mol. The largest absolute Gasteiger partial charge is 0.467 e. The Balaban J connectivity index is 1.78. The summed E-state index contributed by atoms with van der Waals surface area (Å²) >= 11 is 1.75. The van der Waals surface area contributed by atoms with Crippen molar-refractivity contribution in [3.63, 3.8) is 0 Å². The maximum Gasteiger partial charge on any atom is 0.189 e. The molecule has 3 nitrogen and oxygen atoms in total. The van der Waals surface area contributed by atoms with Gasteiger partial charge in [-0.25, -0.2) is 4.39 Å². The van der Waals surface area contributed by atoms with Gasteiger partial charge in [-0.15, -0.1) is 11.3 Å². The normalized spacial score (nSPS) is 14.1. The molecule has 112 valence electrons. The van der Waals surface area contributed by atoms with Crippen molar-refractivity contribution in [2.45, 2.75) is 26.6 Å². The number of benzene rings is 1. The van der Waals surface area contributed by atoms with Crippen LogP contribution in [0.3, 0.4) is 0 Å². The van der Waals surface area contributed by atoms with Gasteiger partial charge in [-0.2, -0.15) is 0 Å². The van der Waals surface area contributed by atoms with E-state index in [0.29, 0.717) is 13.2 Å². The maximum atomic E-state index is 13.7. The van der Waals surface area contributed by atoms with E-state index in [4.69, 9.17) is 9.47 Å². The van der Waals surface area contributed by atoms with Gasteiger partial charge in [0.15, 0.2) is 6.79 Å². The third kappa shape index (κ3) is 3.26. The lowest BCUT2D eigenvalue weighted by molar-refractivity contribution is -0.0176. The van der Waals surface area contributed by atoms with Crippen LogP contribution in [0, 0.1) is 12.7 Å². The predicted molar refractivity (Wildman–Crippen MR) is 80.9 cm³/mol. The summed E-state index contributed by atoms with van der Waals surface area (Å²) in [7, 11) is 2.04. The molecule has 1 aliphatic heterocycles. The lowest BCUT2D eigenvalue weighted by atomic mass is 10.1. The van der Waals surface area contributed by atoms with Gasteiger partial charge in [0.05, 0.1) is 6.61 Å². The molecule has 1 aromatic heterocycles. The Morgan fingerprint density at radius 2 is 2.19 bits per heavy atom. The van der Waals surface area contributed by atoms with Crippen molar-refractivity contribution in [2.75, 3.05) is 13.8 Å². The second kappa shape index (κ2) is 6.13. The molecule has 3 rings (SSSR count). The van der Waals surface area contributed by atoms with Crippen LogP contribution in [0.2, 0.25) is 0 Å². The number of ether oxygens (including phenoxy) is 2. The highest BCUT2D eigenvalue weighted by Gasteiger charge is 2.18. The summed E-state index contributed by atoms with van der Waals surface area (Å²) < 4.78 is 24.5. The molecule has 0 bridgehead atoms. The van der Waals surface area contributed by atoms with Crippen LogP contribution in [0.25, 0.3) is 0 Å². The van der Waals surface area contributed by atoms with E-state index in [0.717, 1.165) is 23.4 Å². The standard InChI is InChI=1S/C16H18FNO2S/c1-11-3-4-21-15(11)8-18(2)7-12-5-14(17)6-13-9-19-10-20-16(12)13/h3-6H,7-10H2,1-2H3. The van der Waals surface area contributed by atoms with E-state index in [1.54, 1.807) is 17.4 Å². The van der Waals surface area contributed by atoms with E-state index in [9.17, 15) is 4.39 Å². The fourth-order valence-electron chi connectivity index (χ4n) is 2.53. The van der Waals surface area contributed by atoms with Gasteiger partial charge in [0, 0.05) is 29.1 Å². The highest BCUT2D eigenvalue weighted by molar-refractivity contribution is 7.10. The number of hydrogen-bond acceptors (Lipinski definition) is 4. The predicted octanol–water partition coefficient (Wildman–Crippen LogP) is 3.69. The lowest BCUT2D eigenvalue weighted by Gasteiger charge is -2.23. The smallest absolute Gasteiger partial charge is 0.189 e. The molecule has 0 unspecified atom stereocenters.